The van der Waals surface area contributed by atoms with Crippen molar-refractivity contribution in [2.75, 3.05) is 13.2 Å². The quantitative estimate of drug-likeness (QED) is 0.473. The van der Waals surface area contributed by atoms with Crippen LogP contribution >= 0.6 is 0 Å². The van der Waals surface area contributed by atoms with Crippen molar-refractivity contribution in [3.8, 4) is 0 Å². The first-order valence-corrected chi connectivity index (χ1v) is 5.04. The van der Waals surface area contributed by atoms with E-state index >= 15 is 0 Å². The fourth-order valence-corrected chi connectivity index (χ4v) is 1.15. The van der Waals surface area contributed by atoms with Crippen LogP contribution in [0.1, 0.15) is 6.42 Å². The third-order valence-electron chi connectivity index (χ3n) is 1.84. The topological polar surface area (TPSA) is 35.5 Å². The molecule has 17 heavy (non-hydrogen) atoms. The smallest absolute Gasteiger partial charge is 0.467 e. The van der Waals surface area contributed by atoms with Crippen molar-refractivity contribution >= 4 is 18.9 Å². The molecule has 0 unspecified atom stereocenters. The summed E-state index contributed by atoms with van der Waals surface area (Å²) in [7, 11) is -0.184. The standard InChI is InChI=1S/C8H8BO2.C4H5O.Y/c1-2-4-8(5-3-1)9-10-6-7-11-9;1-2-3-4-5;/h1-4H,6-7H2;2H,1,3H2;/q2*-1;. The van der Waals surface area contributed by atoms with Crippen molar-refractivity contribution in [3.05, 3.63) is 43.0 Å². The van der Waals surface area contributed by atoms with Gasteiger partial charge in [0.15, 0.2) is 0 Å². The van der Waals surface area contributed by atoms with Gasteiger partial charge in [0.25, 0.3) is 0 Å². The molecule has 1 saturated heterocycles. The largest absolute Gasteiger partial charge is 0.541 e. The van der Waals surface area contributed by atoms with E-state index < -0.39 is 0 Å². The zero-order valence-corrected chi connectivity index (χ0v) is 12.4. The SMILES string of the molecule is C=CC[C-]=O.[Y].[c-]1ccccc1B1OCCO1. The van der Waals surface area contributed by atoms with Crippen molar-refractivity contribution < 1.29 is 46.8 Å². The Morgan fingerprint density at radius 3 is 2.59 bits per heavy atom. The molecule has 1 aliphatic rings. The first kappa shape index (κ1) is 16.7. The van der Waals surface area contributed by atoms with Gasteiger partial charge in [0, 0.05) is 32.7 Å². The number of hydrogen-bond donors (Lipinski definition) is 0. The van der Waals surface area contributed by atoms with Crippen molar-refractivity contribution in [2.24, 2.45) is 0 Å². The van der Waals surface area contributed by atoms with E-state index in [1.165, 1.54) is 6.08 Å². The molecule has 2 rings (SSSR count). The molecular formula is C12H13BO3Y-2. The average Bonchev–Trinajstić information content (AvgIpc) is 2.86. The van der Waals surface area contributed by atoms with Crippen molar-refractivity contribution in [1.29, 1.82) is 0 Å². The minimum Gasteiger partial charge on any atom is -0.541 e. The molecule has 0 amide bonds. The van der Waals surface area contributed by atoms with E-state index in [-0.39, 0.29) is 39.8 Å². The van der Waals surface area contributed by atoms with Gasteiger partial charge in [-0.05, 0) is 0 Å². The van der Waals surface area contributed by atoms with Crippen LogP contribution in [0.2, 0.25) is 0 Å². The van der Waals surface area contributed by atoms with Gasteiger partial charge in [-0.2, -0.15) is 30.3 Å². The maximum Gasteiger partial charge on any atom is 0.467 e. The predicted octanol–water partition coefficient (Wildman–Crippen LogP) is 0.898. The van der Waals surface area contributed by atoms with Crippen molar-refractivity contribution in [3.63, 3.8) is 0 Å². The summed E-state index contributed by atoms with van der Waals surface area (Å²) >= 11 is 0. The van der Waals surface area contributed by atoms with E-state index in [2.05, 4.69) is 12.6 Å². The van der Waals surface area contributed by atoms with Gasteiger partial charge in [-0.25, -0.2) is 0 Å². The van der Waals surface area contributed by atoms with Crippen LogP contribution in [0, 0.1) is 6.07 Å². The summed E-state index contributed by atoms with van der Waals surface area (Å²) in [5, 5.41) is 0. The molecule has 87 valence electrons. The molecule has 5 heteroatoms. The predicted molar refractivity (Wildman–Crippen MR) is 63.1 cm³/mol. The zero-order chi connectivity index (χ0) is 11.6. The molecule has 1 aliphatic heterocycles. The van der Waals surface area contributed by atoms with Crippen LogP contribution in [0.15, 0.2) is 36.9 Å². The second-order valence-electron chi connectivity index (χ2n) is 3.03. The molecule has 0 aromatic heterocycles. The zero-order valence-electron chi connectivity index (χ0n) is 9.59. The number of rotatable bonds is 3. The van der Waals surface area contributed by atoms with E-state index in [4.69, 9.17) is 9.31 Å². The number of allylic oxidation sites excluding steroid dienone is 1. The van der Waals surface area contributed by atoms with Crippen LogP contribution in [-0.2, 0) is 46.8 Å². The minimum absolute atomic E-state index is 0. The van der Waals surface area contributed by atoms with Gasteiger partial charge in [0.2, 0.25) is 0 Å². The molecule has 1 fully saturated rings. The Labute approximate surface area is 128 Å². The molecule has 0 bridgehead atoms. The Kier molecular flexibility index (Phi) is 10.7. The van der Waals surface area contributed by atoms with Crippen LogP contribution in [0.4, 0.5) is 0 Å². The van der Waals surface area contributed by atoms with Crippen molar-refractivity contribution in [2.45, 2.75) is 6.42 Å². The van der Waals surface area contributed by atoms with Gasteiger partial charge in [-0.3, -0.25) is 6.29 Å². The summed E-state index contributed by atoms with van der Waals surface area (Å²) in [6.45, 7) is 4.66. The van der Waals surface area contributed by atoms with Crippen LogP contribution in [-0.4, -0.2) is 26.6 Å². The fourth-order valence-electron chi connectivity index (χ4n) is 1.15. The van der Waals surface area contributed by atoms with Gasteiger partial charge in [-0.15, -0.1) is 24.5 Å². The fraction of sp³-hybridized carbons (Fsp3) is 0.250. The molecule has 0 N–H and O–H groups in total. The van der Waals surface area contributed by atoms with Crippen molar-refractivity contribution in [1.82, 2.24) is 0 Å². The molecule has 1 radical (unpaired) electrons. The summed E-state index contributed by atoms with van der Waals surface area (Å²) in [4.78, 5) is 9.21. The molecule has 1 heterocycles. The number of carbonyl (C=O) groups excluding carboxylic acids is 1. The number of benzene rings is 1. The van der Waals surface area contributed by atoms with E-state index in [1.54, 1.807) is 6.29 Å². The maximum atomic E-state index is 9.21. The van der Waals surface area contributed by atoms with Crippen LogP contribution < -0.4 is 5.46 Å². The van der Waals surface area contributed by atoms with Crippen LogP contribution in [0.3, 0.4) is 0 Å². The molecule has 0 atom stereocenters. The summed E-state index contributed by atoms with van der Waals surface area (Å²) in [5.41, 5.74) is 0.977. The average molecular weight is 305 g/mol. The summed E-state index contributed by atoms with van der Waals surface area (Å²) in [5.74, 6) is 0. The van der Waals surface area contributed by atoms with E-state index in [0.29, 0.717) is 19.6 Å². The monoisotopic (exact) mass is 305 g/mol. The molecule has 0 saturated carbocycles. The van der Waals surface area contributed by atoms with Crippen LogP contribution in [0.5, 0.6) is 0 Å². The van der Waals surface area contributed by atoms with Gasteiger partial charge >= 0.3 is 7.12 Å². The van der Waals surface area contributed by atoms with E-state index in [9.17, 15) is 4.79 Å². The van der Waals surface area contributed by atoms with Gasteiger partial charge in [0.1, 0.15) is 0 Å². The normalized spacial score (nSPS) is 13.1. The first-order valence-electron chi connectivity index (χ1n) is 5.04. The Bertz CT molecular complexity index is 307. The summed E-state index contributed by atoms with van der Waals surface area (Å²) < 4.78 is 10.6. The third-order valence-corrected chi connectivity index (χ3v) is 1.84. The first-order chi connectivity index (χ1) is 7.88. The van der Waals surface area contributed by atoms with E-state index in [1.807, 2.05) is 24.3 Å². The molecule has 0 aliphatic carbocycles. The van der Waals surface area contributed by atoms with Gasteiger partial charge < -0.3 is 14.1 Å². The molecule has 0 spiro atoms. The Hall–Kier alpha value is -0.281. The van der Waals surface area contributed by atoms with E-state index in [0.717, 1.165) is 5.46 Å². The molecule has 3 nitrogen and oxygen atoms in total. The van der Waals surface area contributed by atoms with Gasteiger partial charge in [0.05, 0.1) is 13.2 Å². The summed E-state index contributed by atoms with van der Waals surface area (Å²) in [6.07, 6.45) is 3.50. The second kappa shape index (κ2) is 10.8. The maximum absolute atomic E-state index is 9.21. The minimum atomic E-state index is -0.184. The Balaban J connectivity index is 0.000000373. The summed E-state index contributed by atoms with van der Waals surface area (Å²) in [6, 6.07) is 10.8. The third kappa shape index (κ3) is 6.89. The van der Waals surface area contributed by atoms with Crippen LogP contribution in [0.25, 0.3) is 0 Å². The van der Waals surface area contributed by atoms with Gasteiger partial charge in [-0.1, -0.05) is 0 Å². The second-order valence-corrected chi connectivity index (χ2v) is 3.03. The Morgan fingerprint density at radius 1 is 1.47 bits per heavy atom. The molecule has 1 aromatic carbocycles. The number of hydrogen-bond acceptors (Lipinski definition) is 3. The molecule has 1 aromatic rings. The molecular weight excluding hydrogens is 292 g/mol. The Morgan fingerprint density at radius 2 is 2.18 bits per heavy atom.